The molecule has 27 heavy (non-hydrogen) atoms. The highest BCUT2D eigenvalue weighted by Gasteiger charge is 2.32. The summed E-state index contributed by atoms with van der Waals surface area (Å²) in [5, 5.41) is 28.7. The smallest absolute Gasteiger partial charge is 0.338 e. The summed E-state index contributed by atoms with van der Waals surface area (Å²) < 4.78 is 0. The molecule has 0 spiro atoms. The maximum Gasteiger partial charge on any atom is 0.338 e. The molecule has 0 unspecified atom stereocenters. The van der Waals surface area contributed by atoms with Crippen molar-refractivity contribution in [3.05, 3.63) is 58.5 Å². The van der Waals surface area contributed by atoms with Crippen LogP contribution in [0.3, 0.4) is 0 Å². The third kappa shape index (κ3) is 3.95. The minimum atomic E-state index is -1.22. The average Bonchev–Trinajstić information content (AvgIpc) is 2.91. The predicted molar refractivity (Wildman–Crippen MR) is 103 cm³/mol. The Morgan fingerprint density at radius 2 is 1.93 bits per heavy atom. The molecule has 0 radical (unpaired) electrons. The Bertz CT molecular complexity index is 984. The second-order valence-corrected chi connectivity index (χ2v) is 6.67. The normalized spacial score (nSPS) is 17.1. The Hall–Kier alpha value is -3.26. The molecular weight excluding hydrogens is 368 g/mol. The number of carbonyl (C=O) groups is 2. The fourth-order valence-corrected chi connectivity index (χ4v) is 3.59. The quantitative estimate of drug-likeness (QED) is 0.697. The van der Waals surface area contributed by atoms with Crippen LogP contribution < -0.4 is 0 Å². The number of benzene rings is 2. The number of aliphatic imine (C=N–C) groups is 1. The van der Waals surface area contributed by atoms with Crippen LogP contribution in [0.15, 0.2) is 52.4 Å². The van der Waals surface area contributed by atoms with Crippen molar-refractivity contribution in [1.29, 1.82) is 0 Å². The lowest BCUT2D eigenvalue weighted by Gasteiger charge is -2.12. The molecular formula is C19H16N2O5S. The standard InChI is InChI=1S/C19H16N2O5S/c1-2-21-17(24)16(9-11-4-3-5-12(22)8-11)27-19(21)20-15-7-6-13(23)10-14(15)18(25)26/h3-10,22-23H,2H2,1H3,(H,25,26)/b16-9-,20-19?. The summed E-state index contributed by atoms with van der Waals surface area (Å²) in [6, 6.07) is 10.4. The first-order chi connectivity index (χ1) is 12.9. The minimum Gasteiger partial charge on any atom is -0.508 e. The van der Waals surface area contributed by atoms with Gasteiger partial charge in [-0.2, -0.15) is 0 Å². The molecule has 8 heteroatoms. The number of aromatic carboxylic acids is 1. The minimum absolute atomic E-state index is 0.0937. The van der Waals surface area contributed by atoms with Crippen LogP contribution in [0.5, 0.6) is 11.5 Å². The first kappa shape index (κ1) is 18.5. The van der Waals surface area contributed by atoms with Gasteiger partial charge in [-0.25, -0.2) is 9.79 Å². The van der Waals surface area contributed by atoms with E-state index in [0.717, 1.165) is 17.8 Å². The molecule has 7 nitrogen and oxygen atoms in total. The third-order valence-corrected chi connectivity index (χ3v) is 4.81. The number of phenols is 2. The average molecular weight is 384 g/mol. The molecule has 0 bridgehead atoms. The van der Waals surface area contributed by atoms with Gasteiger partial charge in [-0.1, -0.05) is 12.1 Å². The Labute approximate surface area is 159 Å². The van der Waals surface area contributed by atoms with E-state index in [2.05, 4.69) is 4.99 Å². The van der Waals surface area contributed by atoms with Gasteiger partial charge in [0.1, 0.15) is 11.5 Å². The number of rotatable bonds is 4. The highest BCUT2D eigenvalue weighted by atomic mass is 32.2. The highest BCUT2D eigenvalue weighted by Crippen LogP contribution is 2.35. The van der Waals surface area contributed by atoms with E-state index in [0.29, 0.717) is 22.2 Å². The van der Waals surface area contributed by atoms with E-state index in [1.807, 2.05) is 0 Å². The van der Waals surface area contributed by atoms with Gasteiger partial charge < -0.3 is 15.3 Å². The Balaban J connectivity index is 2.01. The molecule has 2 aromatic carbocycles. The van der Waals surface area contributed by atoms with Crippen LogP contribution in [0.1, 0.15) is 22.8 Å². The largest absolute Gasteiger partial charge is 0.508 e. The van der Waals surface area contributed by atoms with E-state index >= 15 is 0 Å². The number of amidine groups is 1. The van der Waals surface area contributed by atoms with Gasteiger partial charge in [-0.05, 0) is 60.7 Å². The van der Waals surface area contributed by atoms with E-state index < -0.39 is 5.97 Å². The third-order valence-electron chi connectivity index (χ3n) is 3.80. The molecule has 1 heterocycles. The Morgan fingerprint density at radius 1 is 1.19 bits per heavy atom. The summed E-state index contributed by atoms with van der Waals surface area (Å²) in [6.45, 7) is 2.16. The number of carboxylic acids is 1. The molecule has 0 aromatic heterocycles. The van der Waals surface area contributed by atoms with Crippen molar-refractivity contribution >= 4 is 40.6 Å². The van der Waals surface area contributed by atoms with Crippen molar-refractivity contribution in [1.82, 2.24) is 4.90 Å². The van der Waals surface area contributed by atoms with E-state index in [1.54, 1.807) is 25.1 Å². The van der Waals surface area contributed by atoms with Crippen LogP contribution in [0.2, 0.25) is 0 Å². The monoisotopic (exact) mass is 384 g/mol. The van der Waals surface area contributed by atoms with Crippen molar-refractivity contribution in [3.63, 3.8) is 0 Å². The van der Waals surface area contributed by atoms with Crippen molar-refractivity contribution in [3.8, 4) is 11.5 Å². The zero-order chi connectivity index (χ0) is 19.6. The van der Waals surface area contributed by atoms with Crippen LogP contribution >= 0.6 is 11.8 Å². The van der Waals surface area contributed by atoms with Crippen LogP contribution in [0.25, 0.3) is 6.08 Å². The zero-order valence-electron chi connectivity index (χ0n) is 14.3. The fraction of sp³-hybridized carbons (Fsp3) is 0.105. The zero-order valence-corrected chi connectivity index (χ0v) is 15.1. The molecule has 0 aliphatic carbocycles. The van der Waals surface area contributed by atoms with E-state index in [1.165, 1.54) is 29.2 Å². The summed E-state index contributed by atoms with van der Waals surface area (Å²) in [6.07, 6.45) is 1.65. The maximum atomic E-state index is 12.6. The van der Waals surface area contributed by atoms with Crippen LogP contribution in [0.4, 0.5) is 5.69 Å². The molecule has 1 saturated heterocycles. The molecule has 1 aliphatic rings. The molecule has 1 amide bonds. The topological polar surface area (TPSA) is 110 Å². The molecule has 1 aliphatic heterocycles. The first-order valence-electron chi connectivity index (χ1n) is 8.04. The van der Waals surface area contributed by atoms with Crippen molar-refractivity contribution in [2.45, 2.75) is 6.92 Å². The SMILES string of the molecule is CCN1C(=O)/C(=C/c2cccc(O)c2)SC1=Nc1ccc(O)cc1C(=O)O. The van der Waals surface area contributed by atoms with Gasteiger partial charge in [0.25, 0.3) is 5.91 Å². The molecule has 3 rings (SSSR count). The fourth-order valence-electron chi connectivity index (χ4n) is 2.53. The predicted octanol–water partition coefficient (Wildman–Crippen LogP) is 3.42. The van der Waals surface area contributed by atoms with Gasteiger partial charge in [0.2, 0.25) is 0 Å². The molecule has 138 valence electrons. The number of carboxylic acid groups (broad SMARTS) is 1. The number of hydrogen-bond donors (Lipinski definition) is 3. The number of thioether (sulfide) groups is 1. The summed E-state index contributed by atoms with van der Waals surface area (Å²) >= 11 is 1.12. The number of nitrogens with zero attached hydrogens (tertiary/aromatic N) is 2. The van der Waals surface area contributed by atoms with E-state index in [-0.39, 0.29) is 28.7 Å². The first-order valence-corrected chi connectivity index (χ1v) is 8.86. The molecule has 2 aromatic rings. The highest BCUT2D eigenvalue weighted by molar-refractivity contribution is 8.18. The van der Waals surface area contributed by atoms with E-state index in [9.17, 15) is 24.9 Å². The van der Waals surface area contributed by atoms with Gasteiger partial charge in [-0.15, -0.1) is 0 Å². The lowest BCUT2D eigenvalue weighted by molar-refractivity contribution is -0.122. The van der Waals surface area contributed by atoms with Crippen molar-refractivity contribution in [2.75, 3.05) is 6.54 Å². The maximum absolute atomic E-state index is 12.6. The summed E-state index contributed by atoms with van der Waals surface area (Å²) in [7, 11) is 0. The molecule has 0 atom stereocenters. The lowest BCUT2D eigenvalue weighted by Crippen LogP contribution is -2.28. The van der Waals surface area contributed by atoms with Crippen LogP contribution in [0, 0.1) is 0 Å². The van der Waals surface area contributed by atoms with Gasteiger partial charge in [0.15, 0.2) is 5.17 Å². The second-order valence-electron chi connectivity index (χ2n) is 5.66. The number of aromatic hydroxyl groups is 2. The van der Waals surface area contributed by atoms with Crippen LogP contribution in [-0.2, 0) is 4.79 Å². The van der Waals surface area contributed by atoms with Gasteiger partial charge >= 0.3 is 5.97 Å². The van der Waals surface area contributed by atoms with Gasteiger partial charge in [0, 0.05) is 6.54 Å². The summed E-state index contributed by atoms with van der Waals surface area (Å²) in [5.41, 5.74) is 0.656. The van der Waals surface area contributed by atoms with E-state index in [4.69, 9.17) is 0 Å². The van der Waals surface area contributed by atoms with Crippen molar-refractivity contribution in [2.24, 2.45) is 4.99 Å². The molecule has 0 saturated carbocycles. The van der Waals surface area contributed by atoms with Gasteiger partial charge in [-0.3, -0.25) is 9.69 Å². The van der Waals surface area contributed by atoms with Gasteiger partial charge in [0.05, 0.1) is 16.2 Å². The number of likely N-dealkylation sites (N-methyl/N-ethyl adjacent to an activating group) is 1. The van der Waals surface area contributed by atoms with Crippen LogP contribution in [-0.4, -0.2) is 43.8 Å². The Morgan fingerprint density at radius 3 is 2.59 bits per heavy atom. The van der Waals surface area contributed by atoms with Crippen molar-refractivity contribution < 1.29 is 24.9 Å². The summed E-state index contributed by atoms with van der Waals surface area (Å²) in [5.74, 6) is -1.56. The number of carbonyl (C=O) groups excluding carboxylic acids is 1. The number of amides is 1. The lowest BCUT2D eigenvalue weighted by atomic mass is 10.2. The number of phenolic OH excluding ortho intramolecular Hbond substituents is 2. The Kier molecular flexibility index (Phi) is 5.18. The molecule has 1 fully saturated rings. The summed E-state index contributed by atoms with van der Waals surface area (Å²) in [4.78, 5) is 30.2. The molecule has 3 N–H and O–H groups in total. The second kappa shape index (κ2) is 7.55. The number of hydrogen-bond acceptors (Lipinski definition) is 6.